The van der Waals surface area contributed by atoms with Crippen molar-refractivity contribution in [2.45, 2.75) is 11.9 Å². The summed E-state index contributed by atoms with van der Waals surface area (Å²) in [4.78, 5) is 0. The van der Waals surface area contributed by atoms with Crippen molar-refractivity contribution in [3.63, 3.8) is 0 Å². The first-order valence-corrected chi connectivity index (χ1v) is 8.01. The molecule has 98 valence electrons. The van der Waals surface area contributed by atoms with Gasteiger partial charge in [0.1, 0.15) is 17.6 Å². The second-order valence-corrected chi connectivity index (χ2v) is 6.87. The summed E-state index contributed by atoms with van der Waals surface area (Å²) in [7, 11) is -3.26. The molecule has 0 bridgehead atoms. The second kappa shape index (κ2) is 4.38. The molecule has 19 heavy (non-hydrogen) atoms. The molecular weight excluding hydrogens is 260 g/mol. The summed E-state index contributed by atoms with van der Waals surface area (Å²) in [5.74, 6) is 0.647. The van der Waals surface area contributed by atoms with Crippen LogP contribution < -0.4 is 4.74 Å². The van der Waals surface area contributed by atoms with Gasteiger partial charge in [-0.25, -0.2) is 8.42 Å². The van der Waals surface area contributed by atoms with E-state index in [2.05, 4.69) is 0 Å². The molecule has 2 aromatic carbocycles. The van der Waals surface area contributed by atoms with E-state index >= 15 is 0 Å². The number of hydrogen-bond donors (Lipinski definition) is 0. The van der Waals surface area contributed by atoms with Gasteiger partial charge in [0, 0.05) is 11.8 Å². The molecule has 1 unspecified atom stereocenters. The Bertz CT molecular complexity index is 672. The van der Waals surface area contributed by atoms with Crippen molar-refractivity contribution in [2.75, 3.05) is 6.26 Å². The highest BCUT2D eigenvalue weighted by Gasteiger charge is 2.31. The summed E-state index contributed by atoms with van der Waals surface area (Å²) in [5.41, 5.74) is 2.46. The highest BCUT2D eigenvalue weighted by atomic mass is 32.2. The summed E-state index contributed by atoms with van der Waals surface area (Å²) in [6.45, 7) is 0.402. The van der Waals surface area contributed by atoms with Crippen LogP contribution >= 0.6 is 0 Å². The quantitative estimate of drug-likeness (QED) is 0.803. The monoisotopic (exact) mass is 274 g/mol. The maximum Gasteiger partial charge on any atom is 0.158 e. The van der Waals surface area contributed by atoms with Crippen LogP contribution in [-0.4, -0.2) is 14.7 Å². The molecule has 0 aliphatic carbocycles. The van der Waals surface area contributed by atoms with Crippen LogP contribution in [0.15, 0.2) is 48.5 Å². The van der Waals surface area contributed by atoms with E-state index in [1.54, 1.807) is 0 Å². The van der Waals surface area contributed by atoms with Gasteiger partial charge >= 0.3 is 0 Å². The van der Waals surface area contributed by atoms with Crippen molar-refractivity contribution >= 4 is 9.84 Å². The van der Waals surface area contributed by atoms with Gasteiger partial charge < -0.3 is 4.74 Å². The first-order valence-electron chi connectivity index (χ1n) is 6.06. The summed E-state index contributed by atoms with van der Waals surface area (Å²) < 4.78 is 30.2. The van der Waals surface area contributed by atoms with Gasteiger partial charge in [-0.15, -0.1) is 0 Å². The Morgan fingerprint density at radius 1 is 1.00 bits per heavy atom. The molecule has 0 N–H and O–H groups in total. The Balaban J connectivity index is 2.32. The first kappa shape index (κ1) is 12.2. The topological polar surface area (TPSA) is 43.4 Å². The molecule has 0 amide bonds. The Morgan fingerprint density at radius 3 is 2.37 bits per heavy atom. The van der Waals surface area contributed by atoms with Crippen molar-refractivity contribution in [2.24, 2.45) is 0 Å². The van der Waals surface area contributed by atoms with Crippen LogP contribution in [0.4, 0.5) is 0 Å². The number of para-hydroxylation sites is 1. The van der Waals surface area contributed by atoms with E-state index < -0.39 is 15.1 Å². The van der Waals surface area contributed by atoms with Crippen molar-refractivity contribution in [3.8, 4) is 5.75 Å². The Morgan fingerprint density at radius 2 is 1.63 bits per heavy atom. The van der Waals surface area contributed by atoms with Crippen LogP contribution in [0.5, 0.6) is 5.75 Å². The van der Waals surface area contributed by atoms with E-state index in [1.165, 1.54) is 6.26 Å². The van der Waals surface area contributed by atoms with Gasteiger partial charge in [-0.2, -0.15) is 0 Å². The molecule has 0 fully saturated rings. The largest absolute Gasteiger partial charge is 0.489 e. The van der Waals surface area contributed by atoms with Gasteiger partial charge in [-0.05, 0) is 17.2 Å². The van der Waals surface area contributed by atoms with E-state index in [9.17, 15) is 8.42 Å². The van der Waals surface area contributed by atoms with Gasteiger partial charge in [0.15, 0.2) is 9.84 Å². The van der Waals surface area contributed by atoms with Crippen LogP contribution in [0.2, 0.25) is 0 Å². The van der Waals surface area contributed by atoms with Crippen molar-refractivity contribution in [1.29, 1.82) is 0 Å². The lowest BCUT2D eigenvalue weighted by Crippen LogP contribution is -2.13. The van der Waals surface area contributed by atoms with Gasteiger partial charge in [0.25, 0.3) is 0 Å². The van der Waals surface area contributed by atoms with Crippen LogP contribution in [0.25, 0.3) is 0 Å². The number of ether oxygens (including phenoxy) is 1. The predicted molar refractivity (Wildman–Crippen MR) is 73.9 cm³/mol. The molecule has 1 aliphatic rings. The average Bonchev–Trinajstić information content (AvgIpc) is 2.54. The summed E-state index contributed by atoms with van der Waals surface area (Å²) in [5, 5.41) is -0.651. The third kappa shape index (κ3) is 2.12. The minimum atomic E-state index is -3.26. The number of benzene rings is 2. The van der Waals surface area contributed by atoms with Gasteiger partial charge in [0.2, 0.25) is 0 Å². The third-order valence-electron chi connectivity index (χ3n) is 3.35. The number of rotatable bonds is 1. The van der Waals surface area contributed by atoms with Crippen LogP contribution in [-0.2, 0) is 16.4 Å². The lowest BCUT2D eigenvalue weighted by Gasteiger charge is -2.16. The fourth-order valence-electron chi connectivity index (χ4n) is 2.53. The number of hydrogen-bond acceptors (Lipinski definition) is 3. The molecule has 4 heteroatoms. The lowest BCUT2D eigenvalue weighted by atomic mass is 10.0. The molecule has 3 nitrogen and oxygen atoms in total. The summed E-state index contributed by atoms with van der Waals surface area (Å²) in [6, 6.07) is 14.9. The highest BCUT2D eigenvalue weighted by molar-refractivity contribution is 7.91. The minimum absolute atomic E-state index is 0.402. The van der Waals surface area contributed by atoms with Crippen LogP contribution in [0, 0.1) is 0 Å². The maximum absolute atomic E-state index is 12.2. The molecule has 0 saturated heterocycles. The predicted octanol–water partition coefficient (Wildman–Crippen LogP) is 2.71. The first-order chi connectivity index (χ1) is 9.07. The fourth-order valence-corrected chi connectivity index (χ4v) is 3.88. The molecule has 3 rings (SSSR count). The van der Waals surface area contributed by atoms with Crippen molar-refractivity contribution in [3.05, 3.63) is 65.2 Å². The molecule has 0 spiro atoms. The number of sulfone groups is 1. The van der Waals surface area contributed by atoms with Gasteiger partial charge in [-0.3, -0.25) is 0 Å². The summed E-state index contributed by atoms with van der Waals surface area (Å²) >= 11 is 0. The normalized spacial score (nSPS) is 17.8. The Labute approximate surface area is 112 Å². The zero-order valence-corrected chi connectivity index (χ0v) is 11.4. The van der Waals surface area contributed by atoms with Crippen LogP contribution in [0.1, 0.15) is 21.9 Å². The average molecular weight is 274 g/mol. The van der Waals surface area contributed by atoms with E-state index in [0.717, 1.165) is 16.7 Å². The second-order valence-electron chi connectivity index (χ2n) is 4.73. The van der Waals surface area contributed by atoms with E-state index in [4.69, 9.17) is 4.74 Å². The Kier molecular flexibility index (Phi) is 2.82. The smallest absolute Gasteiger partial charge is 0.158 e. The van der Waals surface area contributed by atoms with Crippen molar-refractivity contribution in [1.82, 2.24) is 0 Å². The zero-order chi connectivity index (χ0) is 13.5. The van der Waals surface area contributed by atoms with Crippen molar-refractivity contribution < 1.29 is 13.2 Å². The standard InChI is InChI=1S/C15H14O3S/c1-19(16,17)15-12-7-3-2-6-11(12)10-18-14-9-5-4-8-13(14)15/h2-9,15H,10H2,1H3. The maximum atomic E-state index is 12.2. The van der Waals surface area contributed by atoms with Gasteiger partial charge in [0.05, 0.1) is 0 Å². The minimum Gasteiger partial charge on any atom is -0.489 e. The van der Waals surface area contributed by atoms with E-state index in [1.807, 2.05) is 48.5 Å². The number of fused-ring (bicyclic) bond motifs is 2. The molecule has 0 saturated carbocycles. The molecular formula is C15H14O3S. The zero-order valence-electron chi connectivity index (χ0n) is 10.5. The van der Waals surface area contributed by atoms with Gasteiger partial charge in [-0.1, -0.05) is 42.5 Å². The Hall–Kier alpha value is -1.81. The highest BCUT2D eigenvalue weighted by Crippen LogP contribution is 2.39. The summed E-state index contributed by atoms with van der Waals surface area (Å²) in [6.07, 6.45) is 1.27. The molecule has 1 aliphatic heterocycles. The van der Waals surface area contributed by atoms with E-state index in [0.29, 0.717) is 12.4 Å². The lowest BCUT2D eigenvalue weighted by molar-refractivity contribution is 0.307. The molecule has 0 aromatic heterocycles. The van der Waals surface area contributed by atoms with E-state index in [-0.39, 0.29) is 0 Å². The SMILES string of the molecule is CS(=O)(=O)C1c2ccccc2COc2ccccc21. The fraction of sp³-hybridized carbons (Fsp3) is 0.200. The van der Waals surface area contributed by atoms with Crippen LogP contribution in [0.3, 0.4) is 0 Å². The molecule has 1 heterocycles. The molecule has 2 aromatic rings. The molecule has 1 atom stereocenters. The molecule has 0 radical (unpaired) electrons. The third-order valence-corrected chi connectivity index (χ3v) is 4.71.